The predicted molar refractivity (Wildman–Crippen MR) is 122 cm³/mol. The van der Waals surface area contributed by atoms with Crippen molar-refractivity contribution in [3.63, 3.8) is 0 Å². The van der Waals surface area contributed by atoms with Crippen LogP contribution < -0.4 is 27.0 Å². The van der Waals surface area contributed by atoms with Crippen LogP contribution in [0.4, 0.5) is 27.5 Å². The molecule has 32 heavy (non-hydrogen) atoms. The lowest BCUT2D eigenvalue weighted by molar-refractivity contribution is 0.100. The van der Waals surface area contributed by atoms with E-state index in [-0.39, 0.29) is 29.3 Å². The zero-order valence-electron chi connectivity index (χ0n) is 18.2. The number of benzene rings is 1. The van der Waals surface area contributed by atoms with Gasteiger partial charge in [0.15, 0.2) is 0 Å². The van der Waals surface area contributed by atoms with E-state index in [2.05, 4.69) is 27.5 Å². The zero-order valence-corrected chi connectivity index (χ0v) is 18.2. The molecule has 3 atom stereocenters. The Morgan fingerprint density at radius 1 is 1.28 bits per heavy atom. The number of nitrogens with two attached hydrogens (primary N) is 2. The number of aromatic nitrogens is 2. The van der Waals surface area contributed by atoms with E-state index in [1.54, 1.807) is 12.1 Å². The van der Waals surface area contributed by atoms with E-state index in [1.165, 1.54) is 12.3 Å². The van der Waals surface area contributed by atoms with Crippen LogP contribution in [0.25, 0.3) is 0 Å². The number of ether oxygens (including phenoxy) is 1. The third kappa shape index (κ3) is 4.91. The van der Waals surface area contributed by atoms with Gasteiger partial charge in [-0.3, -0.25) is 4.79 Å². The average Bonchev–Trinajstić information content (AvgIpc) is 2.77. The predicted octanol–water partition coefficient (Wildman–Crippen LogP) is 2.22. The SMILES string of the molecule is CC1CCC[C@H](N)[C@@H]1Nc1ncc(C(N)=O)c(Nc2ccc(N3CCOCC3)c(F)c2)n1. The standard InChI is InChI=1S/C22H30FN7O2/c1-13-3-2-4-17(24)19(13)28-22-26-12-15(20(25)31)21(29-22)27-14-5-6-18(16(23)11-14)30-7-9-32-10-8-30/h5-6,11-13,17,19H,2-4,7-10,24H2,1H3,(H2,25,31)(H2,26,27,28,29)/t13?,17-,19+/m0/s1. The molecule has 1 aromatic carbocycles. The summed E-state index contributed by atoms with van der Waals surface area (Å²) in [6.07, 6.45) is 4.48. The lowest BCUT2D eigenvalue weighted by Gasteiger charge is -2.34. The fourth-order valence-electron chi connectivity index (χ4n) is 4.36. The Kier molecular flexibility index (Phi) is 6.71. The Morgan fingerprint density at radius 2 is 2.06 bits per heavy atom. The molecule has 1 saturated heterocycles. The molecule has 1 amide bonds. The summed E-state index contributed by atoms with van der Waals surface area (Å²) in [5.74, 6) is -0.113. The Labute approximate surface area is 186 Å². The summed E-state index contributed by atoms with van der Waals surface area (Å²) in [4.78, 5) is 22.6. The molecular formula is C22H30FN7O2. The van der Waals surface area contributed by atoms with Gasteiger partial charge in [0.1, 0.15) is 17.2 Å². The first-order valence-corrected chi connectivity index (χ1v) is 11.0. The van der Waals surface area contributed by atoms with Gasteiger partial charge in [0.2, 0.25) is 5.95 Å². The molecule has 1 aliphatic carbocycles. The molecule has 2 fully saturated rings. The second kappa shape index (κ2) is 9.66. The van der Waals surface area contributed by atoms with E-state index in [4.69, 9.17) is 16.2 Å². The van der Waals surface area contributed by atoms with Crippen molar-refractivity contribution in [2.75, 3.05) is 41.8 Å². The number of anilines is 4. The van der Waals surface area contributed by atoms with Crippen molar-refractivity contribution < 1.29 is 13.9 Å². The van der Waals surface area contributed by atoms with Gasteiger partial charge in [-0.25, -0.2) is 9.37 Å². The number of hydrogen-bond acceptors (Lipinski definition) is 8. The van der Waals surface area contributed by atoms with Gasteiger partial charge < -0.3 is 31.7 Å². The molecule has 1 saturated carbocycles. The van der Waals surface area contributed by atoms with Gasteiger partial charge in [-0.1, -0.05) is 13.3 Å². The van der Waals surface area contributed by atoms with Gasteiger partial charge >= 0.3 is 0 Å². The van der Waals surface area contributed by atoms with Crippen LogP contribution in [-0.4, -0.2) is 54.3 Å². The molecule has 2 aliphatic rings. The molecule has 2 heterocycles. The third-order valence-corrected chi connectivity index (χ3v) is 6.18. The van der Waals surface area contributed by atoms with Crippen LogP contribution in [-0.2, 0) is 4.74 Å². The molecule has 9 nitrogen and oxygen atoms in total. The minimum absolute atomic E-state index is 0.00333. The summed E-state index contributed by atoms with van der Waals surface area (Å²) < 4.78 is 20.1. The fraction of sp³-hybridized carbons (Fsp3) is 0.500. The number of carbonyl (C=O) groups is 1. The molecule has 1 aromatic heterocycles. The first kappa shape index (κ1) is 22.2. The highest BCUT2D eigenvalue weighted by atomic mass is 19.1. The molecule has 10 heteroatoms. The molecule has 0 spiro atoms. The van der Waals surface area contributed by atoms with Crippen LogP contribution in [0.5, 0.6) is 0 Å². The lowest BCUT2D eigenvalue weighted by Crippen LogP contribution is -2.47. The Balaban J connectivity index is 1.56. The highest BCUT2D eigenvalue weighted by molar-refractivity contribution is 5.98. The summed E-state index contributed by atoms with van der Waals surface area (Å²) in [5, 5.41) is 6.32. The number of amides is 1. The maximum Gasteiger partial charge on any atom is 0.254 e. The third-order valence-electron chi connectivity index (χ3n) is 6.18. The van der Waals surface area contributed by atoms with Crippen molar-refractivity contribution in [3.8, 4) is 0 Å². The van der Waals surface area contributed by atoms with Gasteiger partial charge in [0.25, 0.3) is 5.91 Å². The number of carbonyl (C=O) groups excluding carboxylic acids is 1. The molecule has 0 radical (unpaired) electrons. The van der Waals surface area contributed by atoms with Crippen LogP contribution in [0.3, 0.4) is 0 Å². The largest absolute Gasteiger partial charge is 0.378 e. The smallest absolute Gasteiger partial charge is 0.254 e. The van der Waals surface area contributed by atoms with E-state index in [1.807, 2.05) is 4.90 Å². The average molecular weight is 444 g/mol. The van der Waals surface area contributed by atoms with Crippen molar-refractivity contribution in [2.24, 2.45) is 17.4 Å². The second-order valence-electron chi connectivity index (χ2n) is 8.45. The van der Waals surface area contributed by atoms with E-state index in [0.717, 1.165) is 19.3 Å². The van der Waals surface area contributed by atoms with Gasteiger partial charge in [-0.05, 0) is 37.0 Å². The minimum atomic E-state index is -0.674. The lowest BCUT2D eigenvalue weighted by atomic mass is 9.82. The van der Waals surface area contributed by atoms with Crippen molar-refractivity contribution in [2.45, 2.75) is 38.3 Å². The summed E-state index contributed by atoms with van der Waals surface area (Å²) >= 11 is 0. The van der Waals surface area contributed by atoms with Gasteiger partial charge in [-0.15, -0.1) is 0 Å². The van der Waals surface area contributed by atoms with Gasteiger partial charge in [-0.2, -0.15) is 4.98 Å². The number of nitrogens with one attached hydrogen (secondary N) is 2. The highest BCUT2D eigenvalue weighted by Gasteiger charge is 2.29. The molecule has 2 aromatic rings. The van der Waals surface area contributed by atoms with Gasteiger partial charge in [0.05, 0.1) is 18.9 Å². The quantitative estimate of drug-likeness (QED) is 0.534. The van der Waals surface area contributed by atoms with E-state index < -0.39 is 5.91 Å². The van der Waals surface area contributed by atoms with Crippen molar-refractivity contribution >= 4 is 29.0 Å². The summed E-state index contributed by atoms with van der Waals surface area (Å²) in [6.45, 7) is 4.56. The topological polar surface area (TPSA) is 131 Å². The van der Waals surface area contributed by atoms with Crippen LogP contribution in [0.1, 0.15) is 36.5 Å². The Bertz CT molecular complexity index is 957. The number of primary amides is 1. The molecule has 6 N–H and O–H groups in total. The van der Waals surface area contributed by atoms with Crippen molar-refractivity contribution in [1.29, 1.82) is 0 Å². The molecular weight excluding hydrogens is 413 g/mol. The number of halogens is 1. The minimum Gasteiger partial charge on any atom is -0.378 e. The first-order valence-electron chi connectivity index (χ1n) is 11.0. The normalized spacial score (nSPS) is 23.6. The van der Waals surface area contributed by atoms with E-state index in [0.29, 0.717) is 49.5 Å². The van der Waals surface area contributed by atoms with Gasteiger partial charge in [0, 0.05) is 37.1 Å². The number of hydrogen-bond donors (Lipinski definition) is 4. The van der Waals surface area contributed by atoms with Crippen molar-refractivity contribution in [3.05, 3.63) is 35.8 Å². The van der Waals surface area contributed by atoms with Crippen molar-refractivity contribution in [1.82, 2.24) is 9.97 Å². The molecule has 0 bridgehead atoms. The van der Waals surface area contributed by atoms with E-state index >= 15 is 0 Å². The summed E-state index contributed by atoms with van der Waals surface area (Å²) in [7, 11) is 0. The second-order valence-corrected chi connectivity index (χ2v) is 8.45. The molecule has 1 unspecified atom stereocenters. The van der Waals surface area contributed by atoms with Crippen LogP contribution in [0.15, 0.2) is 24.4 Å². The van der Waals surface area contributed by atoms with E-state index in [9.17, 15) is 9.18 Å². The first-order chi connectivity index (χ1) is 15.4. The number of nitrogens with zero attached hydrogens (tertiary/aromatic N) is 3. The van der Waals surface area contributed by atoms with Crippen LogP contribution in [0.2, 0.25) is 0 Å². The van der Waals surface area contributed by atoms with Crippen LogP contribution >= 0.6 is 0 Å². The molecule has 172 valence electrons. The molecule has 4 rings (SSSR count). The fourth-order valence-corrected chi connectivity index (χ4v) is 4.36. The summed E-state index contributed by atoms with van der Waals surface area (Å²) in [5.41, 5.74) is 12.9. The molecule has 1 aliphatic heterocycles. The highest BCUT2D eigenvalue weighted by Crippen LogP contribution is 2.28. The zero-order chi connectivity index (χ0) is 22.7. The summed E-state index contributed by atoms with van der Waals surface area (Å²) in [6, 6.07) is 4.85. The Hall–Kier alpha value is -2.98. The monoisotopic (exact) mass is 443 g/mol. The maximum atomic E-state index is 14.8. The maximum absolute atomic E-state index is 14.8. The Morgan fingerprint density at radius 3 is 2.75 bits per heavy atom. The number of morpholine rings is 1. The van der Waals surface area contributed by atoms with Crippen LogP contribution in [0, 0.1) is 11.7 Å². The number of rotatable bonds is 6.